The summed E-state index contributed by atoms with van der Waals surface area (Å²) in [6.45, 7) is 2.58. The third kappa shape index (κ3) is 2.85. The van der Waals surface area contributed by atoms with Crippen LogP contribution in [-0.4, -0.2) is 36.9 Å². The predicted octanol–water partition coefficient (Wildman–Crippen LogP) is 2.20. The second-order valence-corrected chi connectivity index (χ2v) is 4.45. The van der Waals surface area contributed by atoms with Crippen LogP contribution in [0.15, 0.2) is 24.3 Å². The maximum Gasteiger partial charge on any atom is 0.292 e. The molecule has 0 bridgehead atoms. The summed E-state index contributed by atoms with van der Waals surface area (Å²) in [5.41, 5.74) is 0.603. The van der Waals surface area contributed by atoms with Crippen molar-refractivity contribution in [3.63, 3.8) is 0 Å². The van der Waals surface area contributed by atoms with E-state index in [1.54, 1.807) is 25.3 Å². The third-order valence-electron chi connectivity index (χ3n) is 3.34. The number of hydrogen-bond donors (Lipinski definition) is 1. The number of benzene rings is 1. The van der Waals surface area contributed by atoms with Crippen LogP contribution in [0.4, 0.5) is 11.4 Å². The van der Waals surface area contributed by atoms with Crippen molar-refractivity contribution in [2.45, 2.75) is 31.6 Å². The molecule has 104 valence electrons. The minimum absolute atomic E-state index is 0.0441. The number of para-hydroxylation sites is 2. The van der Waals surface area contributed by atoms with Gasteiger partial charge in [-0.25, -0.2) is 0 Å². The second-order valence-electron chi connectivity index (χ2n) is 4.45. The molecule has 1 aromatic rings. The Bertz CT molecular complexity index is 452. The molecule has 0 aromatic heterocycles. The number of nitrogens with zero attached hydrogens (tertiary/aromatic N) is 1. The van der Waals surface area contributed by atoms with Crippen molar-refractivity contribution in [3.05, 3.63) is 34.4 Å². The maximum atomic E-state index is 10.9. The van der Waals surface area contributed by atoms with Gasteiger partial charge in [0.05, 0.1) is 17.1 Å². The molecule has 6 heteroatoms. The van der Waals surface area contributed by atoms with Gasteiger partial charge in [-0.2, -0.15) is 0 Å². The fourth-order valence-electron chi connectivity index (χ4n) is 2.37. The lowest BCUT2D eigenvalue weighted by molar-refractivity contribution is -0.384. The molecule has 1 aliphatic carbocycles. The topological polar surface area (TPSA) is 73.6 Å². The zero-order valence-corrected chi connectivity index (χ0v) is 11.0. The smallest absolute Gasteiger partial charge is 0.292 e. The van der Waals surface area contributed by atoms with E-state index in [1.165, 1.54) is 6.07 Å². The van der Waals surface area contributed by atoms with Gasteiger partial charge in [-0.1, -0.05) is 12.1 Å². The summed E-state index contributed by atoms with van der Waals surface area (Å²) in [6.07, 6.45) is 0.785. The molecule has 0 radical (unpaired) electrons. The van der Waals surface area contributed by atoms with Crippen molar-refractivity contribution < 1.29 is 14.4 Å². The summed E-state index contributed by atoms with van der Waals surface area (Å²) in [5.74, 6) is 0. The summed E-state index contributed by atoms with van der Waals surface area (Å²) in [6, 6.07) is 6.67. The Balaban J connectivity index is 2.04. The van der Waals surface area contributed by atoms with Gasteiger partial charge < -0.3 is 14.8 Å². The van der Waals surface area contributed by atoms with Crippen LogP contribution >= 0.6 is 0 Å². The van der Waals surface area contributed by atoms with E-state index >= 15 is 0 Å². The van der Waals surface area contributed by atoms with Crippen LogP contribution in [0.25, 0.3) is 0 Å². The molecule has 0 heterocycles. The van der Waals surface area contributed by atoms with Crippen LogP contribution in [0.3, 0.4) is 0 Å². The van der Waals surface area contributed by atoms with Gasteiger partial charge >= 0.3 is 0 Å². The highest BCUT2D eigenvalue weighted by Crippen LogP contribution is 2.32. The van der Waals surface area contributed by atoms with Gasteiger partial charge in [-0.15, -0.1) is 0 Å². The number of nitro benzene ring substituents is 1. The summed E-state index contributed by atoms with van der Waals surface area (Å²) in [4.78, 5) is 10.6. The number of anilines is 1. The Labute approximate surface area is 111 Å². The molecular weight excluding hydrogens is 248 g/mol. The van der Waals surface area contributed by atoms with Gasteiger partial charge in [0, 0.05) is 19.8 Å². The first-order valence-corrected chi connectivity index (χ1v) is 6.31. The maximum absolute atomic E-state index is 10.9. The van der Waals surface area contributed by atoms with Gasteiger partial charge in [0.15, 0.2) is 0 Å². The van der Waals surface area contributed by atoms with E-state index < -0.39 is 0 Å². The highest BCUT2D eigenvalue weighted by Gasteiger charge is 2.42. The molecule has 1 N–H and O–H groups in total. The van der Waals surface area contributed by atoms with Gasteiger partial charge in [0.25, 0.3) is 5.69 Å². The molecule has 1 aromatic carbocycles. The standard InChI is InChI=1S/C13H18N2O4/c1-3-19-12-8-10(13(12)18-2)14-9-6-4-5-7-11(9)15(16)17/h4-7,10,12-14H,3,8H2,1-2H3. The molecule has 3 atom stereocenters. The lowest BCUT2D eigenvalue weighted by Gasteiger charge is -2.43. The molecule has 1 aliphatic rings. The lowest BCUT2D eigenvalue weighted by atomic mass is 9.85. The van der Waals surface area contributed by atoms with E-state index in [-0.39, 0.29) is 28.9 Å². The normalized spacial score (nSPS) is 25.7. The third-order valence-corrected chi connectivity index (χ3v) is 3.34. The first kappa shape index (κ1) is 13.8. The number of nitrogens with one attached hydrogen (secondary N) is 1. The molecule has 6 nitrogen and oxygen atoms in total. The predicted molar refractivity (Wildman–Crippen MR) is 71.3 cm³/mol. The van der Waals surface area contributed by atoms with E-state index in [4.69, 9.17) is 9.47 Å². The van der Waals surface area contributed by atoms with Crippen LogP contribution in [0, 0.1) is 10.1 Å². The molecule has 2 rings (SSSR count). The van der Waals surface area contributed by atoms with Crippen LogP contribution in [0.2, 0.25) is 0 Å². The molecule has 0 saturated heterocycles. The highest BCUT2D eigenvalue weighted by molar-refractivity contribution is 5.62. The summed E-state index contributed by atoms with van der Waals surface area (Å²) >= 11 is 0. The van der Waals surface area contributed by atoms with Crippen LogP contribution in [-0.2, 0) is 9.47 Å². The highest BCUT2D eigenvalue weighted by atomic mass is 16.6. The monoisotopic (exact) mass is 266 g/mol. The summed E-state index contributed by atoms with van der Waals surface area (Å²) in [5, 5.41) is 14.1. The largest absolute Gasteiger partial charge is 0.377 e. The van der Waals surface area contributed by atoms with Crippen molar-refractivity contribution in [1.29, 1.82) is 0 Å². The van der Waals surface area contributed by atoms with E-state index in [2.05, 4.69) is 5.32 Å². The quantitative estimate of drug-likeness (QED) is 0.631. The molecule has 3 unspecified atom stereocenters. The average Bonchev–Trinajstić information content (AvgIpc) is 2.38. The molecule has 0 spiro atoms. The Morgan fingerprint density at radius 2 is 2.21 bits per heavy atom. The van der Waals surface area contributed by atoms with Crippen molar-refractivity contribution >= 4 is 11.4 Å². The van der Waals surface area contributed by atoms with E-state index in [0.717, 1.165) is 6.42 Å². The van der Waals surface area contributed by atoms with Crippen LogP contribution in [0.1, 0.15) is 13.3 Å². The lowest BCUT2D eigenvalue weighted by Crippen LogP contribution is -2.56. The number of methoxy groups -OCH3 is 1. The molecule has 19 heavy (non-hydrogen) atoms. The number of hydrogen-bond acceptors (Lipinski definition) is 5. The Morgan fingerprint density at radius 3 is 2.84 bits per heavy atom. The van der Waals surface area contributed by atoms with Crippen LogP contribution < -0.4 is 5.32 Å². The molecule has 0 aliphatic heterocycles. The van der Waals surface area contributed by atoms with Gasteiger partial charge in [-0.3, -0.25) is 10.1 Å². The van der Waals surface area contributed by atoms with Gasteiger partial charge in [0.1, 0.15) is 11.8 Å². The summed E-state index contributed by atoms with van der Waals surface area (Å²) in [7, 11) is 1.63. The van der Waals surface area contributed by atoms with E-state index in [0.29, 0.717) is 12.3 Å². The average molecular weight is 266 g/mol. The Morgan fingerprint density at radius 1 is 1.47 bits per heavy atom. The fraction of sp³-hybridized carbons (Fsp3) is 0.538. The first-order valence-electron chi connectivity index (χ1n) is 6.31. The van der Waals surface area contributed by atoms with Gasteiger partial charge in [-0.05, 0) is 19.4 Å². The van der Waals surface area contributed by atoms with E-state index in [9.17, 15) is 10.1 Å². The van der Waals surface area contributed by atoms with Crippen molar-refractivity contribution in [2.24, 2.45) is 0 Å². The second kappa shape index (κ2) is 5.99. The van der Waals surface area contributed by atoms with Crippen molar-refractivity contribution in [3.8, 4) is 0 Å². The molecule has 0 amide bonds. The Kier molecular flexibility index (Phi) is 4.34. The Hall–Kier alpha value is -1.66. The number of ether oxygens (including phenoxy) is 2. The minimum Gasteiger partial charge on any atom is -0.377 e. The SMILES string of the molecule is CCOC1CC(Nc2ccccc2[N+](=O)[O-])C1OC. The van der Waals surface area contributed by atoms with Crippen molar-refractivity contribution in [2.75, 3.05) is 19.0 Å². The van der Waals surface area contributed by atoms with Crippen LogP contribution in [0.5, 0.6) is 0 Å². The first-order chi connectivity index (χ1) is 9.17. The van der Waals surface area contributed by atoms with Gasteiger partial charge in [0.2, 0.25) is 0 Å². The zero-order valence-electron chi connectivity index (χ0n) is 11.0. The number of rotatable bonds is 6. The number of nitro groups is 1. The minimum atomic E-state index is -0.386. The fourth-order valence-corrected chi connectivity index (χ4v) is 2.37. The van der Waals surface area contributed by atoms with E-state index in [1.807, 2.05) is 6.92 Å². The molecule has 1 fully saturated rings. The van der Waals surface area contributed by atoms with Crippen molar-refractivity contribution in [1.82, 2.24) is 0 Å². The summed E-state index contributed by atoms with van der Waals surface area (Å²) < 4.78 is 10.9. The molecular formula is C13H18N2O4. The zero-order chi connectivity index (χ0) is 13.8. The molecule has 1 saturated carbocycles.